The number of hydrogen-bond donors (Lipinski definition) is 1. The minimum Gasteiger partial charge on any atom is -0.493 e. The molecule has 1 aromatic carbocycles. The summed E-state index contributed by atoms with van der Waals surface area (Å²) in [6.45, 7) is 0.602. The molecule has 1 amide bonds. The van der Waals surface area contributed by atoms with Crippen LogP contribution in [0.4, 0.5) is 0 Å². The Bertz CT molecular complexity index is 734. The van der Waals surface area contributed by atoms with E-state index in [1.807, 2.05) is 42.1 Å². The van der Waals surface area contributed by atoms with E-state index in [-0.39, 0.29) is 12.5 Å². The molecule has 3 rings (SSSR count). The van der Waals surface area contributed by atoms with Gasteiger partial charge in [0.2, 0.25) is 0 Å². The van der Waals surface area contributed by atoms with Crippen LogP contribution in [0.5, 0.6) is 11.5 Å². The van der Waals surface area contributed by atoms with Gasteiger partial charge in [0, 0.05) is 25.0 Å². The summed E-state index contributed by atoms with van der Waals surface area (Å²) in [6.07, 6.45) is 5.37. The number of rotatable bonds is 4. The number of para-hydroxylation sites is 1. The largest absolute Gasteiger partial charge is 0.493 e. The number of fused-ring (bicyclic) bond motifs is 1. The first kappa shape index (κ1) is 14.2. The van der Waals surface area contributed by atoms with Gasteiger partial charge in [0.15, 0.2) is 11.5 Å². The summed E-state index contributed by atoms with van der Waals surface area (Å²) in [5, 5.41) is 2.85. The van der Waals surface area contributed by atoms with E-state index in [0.717, 1.165) is 11.4 Å². The van der Waals surface area contributed by atoms with Crippen LogP contribution in [0.1, 0.15) is 11.4 Å². The van der Waals surface area contributed by atoms with Crippen LogP contribution in [0, 0.1) is 0 Å². The number of methoxy groups -OCH3 is 1. The van der Waals surface area contributed by atoms with Crippen molar-refractivity contribution >= 4 is 12.0 Å². The first-order valence-corrected chi connectivity index (χ1v) is 6.94. The number of carbonyl (C=O) groups excluding carboxylic acids is 1. The standard InChI is InChI=1S/C16H17N3O3/c1-19-7-6-17-14(19)9-18-16(20)12-8-11-4-3-5-13(21-2)15(11)22-10-12/h3-8H,9-10H2,1-2H3,(H,18,20). The van der Waals surface area contributed by atoms with Crippen LogP contribution in [0.15, 0.2) is 36.2 Å². The summed E-state index contributed by atoms with van der Waals surface area (Å²) >= 11 is 0. The Balaban J connectivity index is 1.73. The number of imidazole rings is 1. The second-order valence-electron chi connectivity index (χ2n) is 4.97. The lowest BCUT2D eigenvalue weighted by Gasteiger charge is -2.19. The monoisotopic (exact) mass is 299 g/mol. The van der Waals surface area contributed by atoms with Gasteiger partial charge in [-0.05, 0) is 12.1 Å². The predicted octanol–water partition coefficient (Wildman–Crippen LogP) is 1.52. The van der Waals surface area contributed by atoms with Gasteiger partial charge in [-0.3, -0.25) is 4.79 Å². The zero-order valence-corrected chi connectivity index (χ0v) is 12.5. The maximum atomic E-state index is 12.2. The molecule has 1 N–H and O–H groups in total. The zero-order chi connectivity index (χ0) is 15.5. The summed E-state index contributed by atoms with van der Waals surface area (Å²) in [4.78, 5) is 16.4. The average molecular weight is 299 g/mol. The molecule has 0 atom stereocenters. The molecular formula is C16H17N3O3. The number of amides is 1. The Morgan fingerprint density at radius 3 is 3.09 bits per heavy atom. The predicted molar refractivity (Wildman–Crippen MR) is 81.5 cm³/mol. The molecule has 6 nitrogen and oxygen atoms in total. The Kier molecular flexibility index (Phi) is 3.82. The quantitative estimate of drug-likeness (QED) is 0.929. The lowest BCUT2D eigenvalue weighted by atomic mass is 10.1. The summed E-state index contributed by atoms with van der Waals surface area (Å²) < 4.78 is 12.8. The zero-order valence-electron chi connectivity index (χ0n) is 12.5. The lowest BCUT2D eigenvalue weighted by Crippen LogP contribution is -2.29. The third-order valence-electron chi connectivity index (χ3n) is 3.55. The number of nitrogens with zero attached hydrogens (tertiary/aromatic N) is 2. The van der Waals surface area contributed by atoms with Gasteiger partial charge in [-0.15, -0.1) is 0 Å². The molecule has 114 valence electrons. The fourth-order valence-electron chi connectivity index (χ4n) is 2.31. The van der Waals surface area contributed by atoms with Crippen LogP contribution in [0.25, 0.3) is 6.08 Å². The molecule has 1 aliphatic rings. The van der Waals surface area contributed by atoms with E-state index in [9.17, 15) is 4.79 Å². The van der Waals surface area contributed by atoms with Gasteiger partial charge in [0.1, 0.15) is 12.4 Å². The molecule has 0 radical (unpaired) electrons. The number of aryl methyl sites for hydroxylation is 1. The Morgan fingerprint density at radius 2 is 2.36 bits per heavy atom. The normalized spacial score (nSPS) is 12.9. The summed E-state index contributed by atoms with van der Waals surface area (Å²) in [5.74, 6) is 1.98. The Morgan fingerprint density at radius 1 is 1.50 bits per heavy atom. The smallest absolute Gasteiger partial charge is 0.251 e. The highest BCUT2D eigenvalue weighted by Gasteiger charge is 2.20. The first-order valence-electron chi connectivity index (χ1n) is 6.94. The topological polar surface area (TPSA) is 65.4 Å². The Hall–Kier alpha value is -2.76. The van der Waals surface area contributed by atoms with Crippen molar-refractivity contribution in [3.05, 3.63) is 47.6 Å². The van der Waals surface area contributed by atoms with Gasteiger partial charge >= 0.3 is 0 Å². The third-order valence-corrected chi connectivity index (χ3v) is 3.55. The molecule has 0 saturated carbocycles. The van der Waals surface area contributed by atoms with Gasteiger partial charge in [-0.1, -0.05) is 12.1 Å². The highest BCUT2D eigenvalue weighted by molar-refractivity contribution is 5.99. The molecule has 2 heterocycles. The van der Waals surface area contributed by atoms with Crippen LogP contribution in [0.2, 0.25) is 0 Å². The maximum Gasteiger partial charge on any atom is 0.251 e. The summed E-state index contributed by atoms with van der Waals surface area (Å²) in [5.41, 5.74) is 1.42. The number of nitrogens with one attached hydrogen (secondary N) is 1. The highest BCUT2D eigenvalue weighted by atomic mass is 16.5. The van der Waals surface area contributed by atoms with Crippen molar-refractivity contribution in [1.29, 1.82) is 0 Å². The van der Waals surface area contributed by atoms with Crippen LogP contribution in [-0.2, 0) is 18.4 Å². The number of ether oxygens (including phenoxy) is 2. The fraction of sp³-hybridized carbons (Fsp3) is 0.250. The van der Waals surface area contributed by atoms with Crippen molar-refractivity contribution in [3.63, 3.8) is 0 Å². The molecule has 2 aromatic rings. The van der Waals surface area contributed by atoms with E-state index in [4.69, 9.17) is 9.47 Å². The minimum absolute atomic E-state index is 0.156. The molecule has 22 heavy (non-hydrogen) atoms. The molecule has 0 unspecified atom stereocenters. The average Bonchev–Trinajstić information content (AvgIpc) is 2.96. The van der Waals surface area contributed by atoms with Crippen LogP contribution in [-0.4, -0.2) is 29.2 Å². The van der Waals surface area contributed by atoms with Crippen molar-refractivity contribution in [1.82, 2.24) is 14.9 Å². The Labute approximate surface area is 128 Å². The van der Waals surface area contributed by atoms with Crippen molar-refractivity contribution in [3.8, 4) is 11.5 Å². The van der Waals surface area contributed by atoms with Gasteiger partial charge in [-0.25, -0.2) is 4.98 Å². The number of hydrogen-bond acceptors (Lipinski definition) is 4. The number of benzene rings is 1. The van der Waals surface area contributed by atoms with E-state index >= 15 is 0 Å². The minimum atomic E-state index is -0.156. The van der Waals surface area contributed by atoms with Crippen molar-refractivity contribution in [2.24, 2.45) is 7.05 Å². The van der Waals surface area contributed by atoms with Crippen LogP contribution < -0.4 is 14.8 Å². The SMILES string of the molecule is COc1cccc2c1OCC(C(=O)NCc1nccn1C)=C2. The molecule has 0 bridgehead atoms. The number of aromatic nitrogens is 2. The van der Waals surface area contributed by atoms with E-state index < -0.39 is 0 Å². The van der Waals surface area contributed by atoms with Crippen molar-refractivity contribution in [2.45, 2.75) is 6.54 Å². The van der Waals surface area contributed by atoms with Crippen molar-refractivity contribution in [2.75, 3.05) is 13.7 Å². The molecule has 6 heteroatoms. The van der Waals surface area contributed by atoms with Gasteiger partial charge in [-0.2, -0.15) is 0 Å². The second-order valence-corrected chi connectivity index (χ2v) is 4.97. The molecule has 0 spiro atoms. The second kappa shape index (κ2) is 5.93. The maximum absolute atomic E-state index is 12.2. The van der Waals surface area contributed by atoms with Gasteiger partial charge in [0.25, 0.3) is 5.91 Å². The van der Waals surface area contributed by atoms with Crippen LogP contribution in [0.3, 0.4) is 0 Å². The molecule has 0 aliphatic carbocycles. The van der Waals surface area contributed by atoms with E-state index in [2.05, 4.69) is 10.3 Å². The summed E-state index contributed by atoms with van der Waals surface area (Å²) in [6, 6.07) is 5.59. The number of carbonyl (C=O) groups is 1. The first-order chi connectivity index (χ1) is 10.7. The molecule has 1 aromatic heterocycles. The highest BCUT2D eigenvalue weighted by Crippen LogP contribution is 2.35. The summed E-state index contributed by atoms with van der Waals surface area (Å²) in [7, 11) is 3.48. The fourth-order valence-corrected chi connectivity index (χ4v) is 2.31. The van der Waals surface area contributed by atoms with E-state index in [1.54, 1.807) is 13.3 Å². The van der Waals surface area contributed by atoms with Gasteiger partial charge < -0.3 is 19.4 Å². The third kappa shape index (κ3) is 2.67. The van der Waals surface area contributed by atoms with Gasteiger partial charge in [0.05, 0.1) is 19.2 Å². The molecule has 0 fully saturated rings. The molecule has 0 saturated heterocycles. The van der Waals surface area contributed by atoms with Crippen molar-refractivity contribution < 1.29 is 14.3 Å². The van der Waals surface area contributed by atoms with Crippen LogP contribution >= 0.6 is 0 Å². The molecular weight excluding hydrogens is 282 g/mol. The van der Waals surface area contributed by atoms with E-state index in [1.165, 1.54) is 0 Å². The molecule has 1 aliphatic heterocycles. The van der Waals surface area contributed by atoms with E-state index in [0.29, 0.717) is 23.6 Å². The lowest BCUT2D eigenvalue weighted by molar-refractivity contribution is -0.118.